The maximum atomic E-state index is 12.1. The van der Waals surface area contributed by atoms with Gasteiger partial charge in [-0.05, 0) is 12.6 Å². The van der Waals surface area contributed by atoms with Gasteiger partial charge in [-0.15, -0.1) is 0 Å². The fraction of sp³-hybridized carbons (Fsp3) is 0.556. The molecule has 2 fully saturated rings. The van der Waals surface area contributed by atoms with Gasteiger partial charge in [0.05, 0.1) is 12.5 Å². The molecule has 2 aliphatic rings. The van der Waals surface area contributed by atoms with Crippen molar-refractivity contribution in [2.45, 2.75) is 56.9 Å². The first-order chi connectivity index (χ1) is 11.0. The average molecular weight is 317 g/mol. The lowest BCUT2D eigenvalue weighted by Crippen LogP contribution is -2.46. The number of esters is 2. The van der Waals surface area contributed by atoms with Crippen LogP contribution in [0, 0.1) is 0 Å². The summed E-state index contributed by atoms with van der Waals surface area (Å²) in [5.41, 5.74) is 0.964. The summed E-state index contributed by atoms with van der Waals surface area (Å²) in [6.07, 6.45) is 2.50. The summed E-state index contributed by atoms with van der Waals surface area (Å²) in [5, 5.41) is 0. The zero-order chi connectivity index (χ0) is 16.4. The normalized spacial score (nSPS) is 30.0. The largest absolute Gasteiger partial charge is 0.462 e. The first kappa shape index (κ1) is 16.0. The van der Waals surface area contributed by atoms with Crippen LogP contribution in [0.2, 0.25) is 0 Å². The molecule has 0 unspecified atom stereocenters. The number of fused-ring (bicyclic) bond motifs is 2. The summed E-state index contributed by atoms with van der Waals surface area (Å²) in [7, 11) is 2.06. The molecule has 1 aromatic rings. The zero-order valence-electron chi connectivity index (χ0n) is 13.6. The smallest absolute Gasteiger partial charge is 0.310 e. The summed E-state index contributed by atoms with van der Waals surface area (Å²) in [6.45, 7) is 1.44. The molecule has 124 valence electrons. The molecule has 0 aromatic heterocycles. The molecule has 0 aliphatic carbocycles. The summed E-state index contributed by atoms with van der Waals surface area (Å²) in [5.74, 6) is -0.428. The van der Waals surface area contributed by atoms with E-state index in [0.717, 1.165) is 24.8 Å². The van der Waals surface area contributed by atoms with E-state index in [1.54, 1.807) is 0 Å². The van der Waals surface area contributed by atoms with Gasteiger partial charge in [0.25, 0.3) is 0 Å². The second-order valence-electron chi connectivity index (χ2n) is 6.52. The average Bonchev–Trinajstić information content (AvgIpc) is 2.67. The topological polar surface area (TPSA) is 55.8 Å². The lowest BCUT2D eigenvalue weighted by molar-refractivity contribution is -0.154. The highest BCUT2D eigenvalue weighted by atomic mass is 16.6. The van der Waals surface area contributed by atoms with Gasteiger partial charge in [0.1, 0.15) is 12.2 Å². The molecule has 2 bridgehead atoms. The summed E-state index contributed by atoms with van der Waals surface area (Å²) < 4.78 is 11.1. The number of likely N-dealkylation sites (N-methyl/N-ethyl adjacent to an activating group) is 1. The molecular weight excluding hydrogens is 294 g/mol. The third-order valence-electron chi connectivity index (χ3n) is 4.88. The number of carbonyl (C=O) groups is 2. The maximum Gasteiger partial charge on any atom is 0.310 e. The SMILES string of the molecule is CC(=O)O[C@H]1C[C@@H]2C[C@H](OC(=O)Cc3ccccc3)C[C@H]1N2C. The Bertz CT molecular complexity index is 574. The Morgan fingerprint density at radius 3 is 2.57 bits per heavy atom. The third-order valence-corrected chi connectivity index (χ3v) is 4.88. The van der Waals surface area contributed by atoms with E-state index < -0.39 is 0 Å². The van der Waals surface area contributed by atoms with Gasteiger partial charge in [-0.1, -0.05) is 30.3 Å². The van der Waals surface area contributed by atoms with Gasteiger partial charge in [0.15, 0.2) is 0 Å². The van der Waals surface area contributed by atoms with E-state index in [4.69, 9.17) is 9.47 Å². The predicted molar refractivity (Wildman–Crippen MR) is 84.8 cm³/mol. The van der Waals surface area contributed by atoms with Gasteiger partial charge in [0, 0.05) is 32.2 Å². The molecule has 5 nitrogen and oxygen atoms in total. The number of nitrogens with zero attached hydrogens (tertiary/aromatic N) is 1. The minimum atomic E-state index is -0.242. The molecule has 0 radical (unpaired) electrons. The van der Waals surface area contributed by atoms with E-state index in [1.807, 2.05) is 30.3 Å². The number of ether oxygens (including phenoxy) is 2. The van der Waals surface area contributed by atoms with Crippen LogP contribution >= 0.6 is 0 Å². The van der Waals surface area contributed by atoms with Gasteiger partial charge in [-0.3, -0.25) is 14.5 Å². The molecule has 4 atom stereocenters. The molecular formula is C18H23NO4. The number of piperidine rings is 1. The molecule has 1 aromatic carbocycles. The lowest BCUT2D eigenvalue weighted by atomic mass is 10.00. The van der Waals surface area contributed by atoms with Crippen molar-refractivity contribution in [1.82, 2.24) is 4.90 Å². The van der Waals surface area contributed by atoms with Crippen LogP contribution in [-0.2, 0) is 25.5 Å². The van der Waals surface area contributed by atoms with Crippen molar-refractivity contribution in [2.75, 3.05) is 7.05 Å². The molecule has 23 heavy (non-hydrogen) atoms. The molecule has 5 heteroatoms. The van der Waals surface area contributed by atoms with Gasteiger partial charge in [0.2, 0.25) is 0 Å². The Hall–Kier alpha value is -1.88. The number of rotatable bonds is 4. The van der Waals surface area contributed by atoms with Crippen molar-refractivity contribution >= 4 is 11.9 Å². The van der Waals surface area contributed by atoms with Crippen molar-refractivity contribution in [3.63, 3.8) is 0 Å². The number of hydrogen-bond acceptors (Lipinski definition) is 5. The highest BCUT2D eigenvalue weighted by molar-refractivity contribution is 5.72. The molecule has 2 heterocycles. The van der Waals surface area contributed by atoms with Gasteiger partial charge in [-0.2, -0.15) is 0 Å². The lowest BCUT2D eigenvalue weighted by Gasteiger charge is -2.36. The van der Waals surface area contributed by atoms with Crippen LogP contribution < -0.4 is 0 Å². The van der Waals surface area contributed by atoms with Crippen LogP contribution in [0.15, 0.2) is 30.3 Å². The standard InChI is InChI=1S/C18H23NO4/c1-12(20)22-17-10-14-9-15(11-16(17)19(14)2)23-18(21)8-13-6-4-3-5-7-13/h3-7,14-17H,8-11H2,1-2H3/t14-,15-,16+,17-/m0/s1. The molecule has 0 spiro atoms. The maximum absolute atomic E-state index is 12.1. The predicted octanol–water partition coefficient (Wildman–Crippen LogP) is 1.94. The van der Waals surface area contributed by atoms with Crippen LogP contribution in [0.1, 0.15) is 31.7 Å². The summed E-state index contributed by atoms with van der Waals surface area (Å²) in [4.78, 5) is 25.6. The van der Waals surface area contributed by atoms with Crippen molar-refractivity contribution in [3.05, 3.63) is 35.9 Å². The Balaban J connectivity index is 1.56. The Morgan fingerprint density at radius 1 is 1.13 bits per heavy atom. The number of hydrogen-bond donors (Lipinski definition) is 0. The van der Waals surface area contributed by atoms with Crippen molar-refractivity contribution < 1.29 is 19.1 Å². The van der Waals surface area contributed by atoms with Crippen molar-refractivity contribution in [1.29, 1.82) is 0 Å². The van der Waals surface area contributed by atoms with E-state index in [2.05, 4.69) is 11.9 Å². The second kappa shape index (κ2) is 6.71. The van der Waals surface area contributed by atoms with Gasteiger partial charge in [-0.25, -0.2) is 0 Å². The van der Waals surface area contributed by atoms with Gasteiger partial charge < -0.3 is 9.47 Å². The van der Waals surface area contributed by atoms with Crippen molar-refractivity contribution in [2.24, 2.45) is 0 Å². The molecule has 2 saturated heterocycles. The highest BCUT2D eigenvalue weighted by Gasteiger charge is 2.47. The Morgan fingerprint density at radius 2 is 1.87 bits per heavy atom. The third kappa shape index (κ3) is 3.72. The molecule has 0 N–H and O–H groups in total. The first-order valence-electron chi connectivity index (χ1n) is 8.15. The molecule has 0 saturated carbocycles. The monoisotopic (exact) mass is 317 g/mol. The second-order valence-corrected chi connectivity index (χ2v) is 6.52. The summed E-state index contributed by atoms with van der Waals surface area (Å²) in [6, 6.07) is 10.1. The van der Waals surface area contributed by atoms with Crippen LogP contribution in [0.4, 0.5) is 0 Å². The highest BCUT2D eigenvalue weighted by Crippen LogP contribution is 2.37. The first-order valence-corrected chi connectivity index (χ1v) is 8.15. The molecule has 2 aliphatic heterocycles. The van der Waals surface area contributed by atoms with Crippen LogP contribution in [0.5, 0.6) is 0 Å². The van der Waals surface area contributed by atoms with E-state index in [0.29, 0.717) is 12.5 Å². The minimum absolute atomic E-state index is 0.0830. The quantitative estimate of drug-likeness (QED) is 0.794. The minimum Gasteiger partial charge on any atom is -0.462 e. The number of carbonyl (C=O) groups excluding carboxylic acids is 2. The van der Waals surface area contributed by atoms with Crippen LogP contribution in [0.3, 0.4) is 0 Å². The van der Waals surface area contributed by atoms with Crippen LogP contribution in [0.25, 0.3) is 0 Å². The summed E-state index contributed by atoms with van der Waals surface area (Å²) >= 11 is 0. The van der Waals surface area contributed by atoms with E-state index >= 15 is 0 Å². The Labute approximate surface area is 136 Å². The van der Waals surface area contributed by atoms with Crippen LogP contribution in [-0.4, -0.2) is 48.2 Å². The molecule has 3 rings (SSSR count). The van der Waals surface area contributed by atoms with E-state index in [9.17, 15) is 9.59 Å². The van der Waals surface area contributed by atoms with Gasteiger partial charge >= 0.3 is 11.9 Å². The zero-order valence-corrected chi connectivity index (χ0v) is 13.6. The molecule has 0 amide bonds. The van der Waals surface area contributed by atoms with Crippen molar-refractivity contribution in [3.8, 4) is 0 Å². The van der Waals surface area contributed by atoms with E-state index in [1.165, 1.54) is 6.92 Å². The number of benzene rings is 1. The fourth-order valence-corrected chi connectivity index (χ4v) is 3.80. The van der Waals surface area contributed by atoms with E-state index in [-0.39, 0.29) is 30.2 Å². The Kier molecular flexibility index (Phi) is 4.66. The fourth-order valence-electron chi connectivity index (χ4n) is 3.80.